The van der Waals surface area contributed by atoms with Crippen LogP contribution in [0.5, 0.6) is 0 Å². The molecule has 5 atom stereocenters. The minimum atomic E-state index is -1.07. The van der Waals surface area contributed by atoms with E-state index in [0.29, 0.717) is 6.54 Å². The molecule has 0 aliphatic heterocycles. The van der Waals surface area contributed by atoms with Gasteiger partial charge in [-0.3, -0.25) is 0 Å². The Hall–Kier alpha value is -0.590. The van der Waals surface area contributed by atoms with E-state index >= 15 is 0 Å². The summed E-state index contributed by atoms with van der Waals surface area (Å²) in [5, 5.41) is 32.5. The molecule has 0 aromatic heterocycles. The standard InChI is InChI=1S/C13H19NO3S/c1-18-13-9(10(15)11(16)12(13)17)14-7-8-5-3-2-4-6-8/h2-6,9-17H,7H2,1H3. The van der Waals surface area contributed by atoms with Crippen molar-refractivity contribution in [3.8, 4) is 0 Å². The van der Waals surface area contributed by atoms with E-state index in [2.05, 4.69) is 5.32 Å². The lowest BCUT2D eigenvalue weighted by Gasteiger charge is -2.22. The summed E-state index contributed by atoms with van der Waals surface area (Å²) in [6.45, 7) is 0.610. The molecule has 18 heavy (non-hydrogen) atoms. The molecule has 5 heteroatoms. The fourth-order valence-corrected chi connectivity index (χ4v) is 3.36. The van der Waals surface area contributed by atoms with Crippen molar-refractivity contribution in [2.75, 3.05) is 6.26 Å². The molecule has 1 aromatic carbocycles. The second-order valence-corrected chi connectivity index (χ2v) is 5.58. The molecular weight excluding hydrogens is 250 g/mol. The lowest BCUT2D eigenvalue weighted by atomic mass is 10.1. The van der Waals surface area contributed by atoms with E-state index in [1.807, 2.05) is 36.6 Å². The molecule has 0 radical (unpaired) electrons. The smallest absolute Gasteiger partial charge is 0.108 e. The second kappa shape index (κ2) is 6.04. The molecule has 4 N–H and O–H groups in total. The van der Waals surface area contributed by atoms with Gasteiger partial charge in [0.05, 0.1) is 23.5 Å². The summed E-state index contributed by atoms with van der Waals surface area (Å²) in [5.41, 5.74) is 1.11. The summed E-state index contributed by atoms with van der Waals surface area (Å²) < 4.78 is 0. The van der Waals surface area contributed by atoms with Gasteiger partial charge in [-0.05, 0) is 11.8 Å². The molecule has 0 heterocycles. The molecule has 1 aromatic rings. The Labute approximate surface area is 111 Å². The van der Waals surface area contributed by atoms with Gasteiger partial charge in [-0.2, -0.15) is 11.8 Å². The largest absolute Gasteiger partial charge is 0.389 e. The van der Waals surface area contributed by atoms with Crippen LogP contribution in [0.2, 0.25) is 0 Å². The Morgan fingerprint density at radius 2 is 1.72 bits per heavy atom. The third kappa shape index (κ3) is 2.70. The average Bonchev–Trinajstić information content (AvgIpc) is 2.61. The monoisotopic (exact) mass is 269 g/mol. The highest BCUT2D eigenvalue weighted by molar-refractivity contribution is 7.99. The summed E-state index contributed by atoms with van der Waals surface area (Å²) in [6.07, 6.45) is -1.02. The normalized spacial score (nSPS) is 35.9. The van der Waals surface area contributed by atoms with Crippen LogP contribution >= 0.6 is 11.8 Å². The molecule has 0 amide bonds. The Morgan fingerprint density at radius 1 is 1.06 bits per heavy atom. The molecule has 1 aliphatic carbocycles. The highest BCUT2D eigenvalue weighted by atomic mass is 32.2. The molecular formula is C13H19NO3S. The molecule has 0 saturated heterocycles. The highest BCUT2D eigenvalue weighted by Gasteiger charge is 2.48. The van der Waals surface area contributed by atoms with Gasteiger partial charge in [0, 0.05) is 6.54 Å². The molecule has 4 nitrogen and oxygen atoms in total. The maximum Gasteiger partial charge on any atom is 0.108 e. The Kier molecular flexibility index (Phi) is 4.64. The second-order valence-electron chi connectivity index (χ2n) is 4.56. The summed E-state index contributed by atoms with van der Waals surface area (Å²) in [6, 6.07) is 9.55. The Morgan fingerprint density at radius 3 is 2.33 bits per heavy atom. The van der Waals surface area contributed by atoms with Gasteiger partial charge in [0.2, 0.25) is 0 Å². The Balaban J connectivity index is 1.99. The SMILES string of the molecule is CSC1C(O)C(O)C(O)C1NCc1ccccc1. The van der Waals surface area contributed by atoms with E-state index in [0.717, 1.165) is 5.56 Å². The van der Waals surface area contributed by atoms with Gasteiger partial charge in [-0.15, -0.1) is 0 Å². The predicted molar refractivity (Wildman–Crippen MR) is 72.4 cm³/mol. The molecule has 0 spiro atoms. The fraction of sp³-hybridized carbons (Fsp3) is 0.538. The van der Waals surface area contributed by atoms with Crippen LogP contribution < -0.4 is 5.32 Å². The van der Waals surface area contributed by atoms with Gasteiger partial charge in [0.25, 0.3) is 0 Å². The number of aliphatic hydroxyl groups excluding tert-OH is 3. The van der Waals surface area contributed by atoms with Crippen molar-refractivity contribution in [1.82, 2.24) is 5.32 Å². The number of aliphatic hydroxyl groups is 3. The molecule has 1 saturated carbocycles. The topological polar surface area (TPSA) is 72.7 Å². The molecule has 1 fully saturated rings. The van der Waals surface area contributed by atoms with Crippen molar-refractivity contribution in [1.29, 1.82) is 0 Å². The molecule has 0 bridgehead atoms. The number of benzene rings is 1. The molecule has 2 rings (SSSR count). The van der Waals surface area contributed by atoms with Crippen LogP contribution in [-0.2, 0) is 6.54 Å². The van der Waals surface area contributed by atoms with Crippen LogP contribution in [0.25, 0.3) is 0 Å². The molecule has 1 aliphatic rings. The summed E-state index contributed by atoms with van der Waals surface area (Å²) in [5.74, 6) is 0. The number of nitrogens with one attached hydrogen (secondary N) is 1. The van der Waals surface area contributed by atoms with E-state index < -0.39 is 18.3 Å². The molecule has 100 valence electrons. The van der Waals surface area contributed by atoms with Gasteiger partial charge < -0.3 is 20.6 Å². The van der Waals surface area contributed by atoms with Crippen molar-refractivity contribution in [2.45, 2.75) is 36.1 Å². The first-order valence-corrected chi connectivity index (χ1v) is 7.28. The van der Waals surface area contributed by atoms with Gasteiger partial charge >= 0.3 is 0 Å². The van der Waals surface area contributed by atoms with Gasteiger partial charge in [-0.25, -0.2) is 0 Å². The maximum absolute atomic E-state index is 9.92. The van der Waals surface area contributed by atoms with Crippen molar-refractivity contribution in [3.05, 3.63) is 35.9 Å². The van der Waals surface area contributed by atoms with Gasteiger partial charge in [-0.1, -0.05) is 30.3 Å². The van der Waals surface area contributed by atoms with Crippen LogP contribution in [0.15, 0.2) is 30.3 Å². The third-order valence-corrected chi connectivity index (χ3v) is 4.53. The van der Waals surface area contributed by atoms with E-state index in [1.165, 1.54) is 11.8 Å². The summed E-state index contributed by atoms with van der Waals surface area (Å²) >= 11 is 1.46. The van der Waals surface area contributed by atoms with Crippen molar-refractivity contribution >= 4 is 11.8 Å². The van der Waals surface area contributed by atoms with E-state index in [9.17, 15) is 15.3 Å². The van der Waals surface area contributed by atoms with Gasteiger partial charge in [0.1, 0.15) is 6.10 Å². The first-order chi connectivity index (χ1) is 8.65. The van der Waals surface area contributed by atoms with Crippen LogP contribution in [0, 0.1) is 0 Å². The van der Waals surface area contributed by atoms with E-state index in [1.54, 1.807) is 0 Å². The summed E-state index contributed by atoms with van der Waals surface area (Å²) in [4.78, 5) is 0. The lowest BCUT2D eigenvalue weighted by molar-refractivity contribution is -0.0219. The fourth-order valence-electron chi connectivity index (χ4n) is 2.37. The molecule has 5 unspecified atom stereocenters. The first-order valence-electron chi connectivity index (χ1n) is 5.99. The van der Waals surface area contributed by atoms with Crippen LogP contribution in [0.4, 0.5) is 0 Å². The number of rotatable bonds is 4. The zero-order valence-electron chi connectivity index (χ0n) is 10.2. The van der Waals surface area contributed by atoms with Crippen LogP contribution in [0.3, 0.4) is 0 Å². The van der Waals surface area contributed by atoms with Crippen LogP contribution in [0.1, 0.15) is 5.56 Å². The van der Waals surface area contributed by atoms with Crippen molar-refractivity contribution in [2.24, 2.45) is 0 Å². The van der Waals surface area contributed by atoms with E-state index in [4.69, 9.17) is 0 Å². The zero-order chi connectivity index (χ0) is 13.1. The average molecular weight is 269 g/mol. The Bertz CT molecular complexity index is 376. The number of hydrogen-bond donors (Lipinski definition) is 4. The quantitative estimate of drug-likeness (QED) is 0.618. The van der Waals surface area contributed by atoms with Gasteiger partial charge in [0.15, 0.2) is 0 Å². The van der Waals surface area contributed by atoms with Crippen molar-refractivity contribution in [3.63, 3.8) is 0 Å². The van der Waals surface area contributed by atoms with Crippen LogP contribution in [-0.4, -0.2) is 51.2 Å². The summed E-state index contributed by atoms with van der Waals surface area (Å²) in [7, 11) is 0. The van der Waals surface area contributed by atoms with Crippen molar-refractivity contribution < 1.29 is 15.3 Å². The third-order valence-electron chi connectivity index (χ3n) is 3.42. The minimum absolute atomic E-state index is 0.196. The highest BCUT2D eigenvalue weighted by Crippen LogP contribution is 2.30. The number of thioether (sulfide) groups is 1. The number of hydrogen-bond acceptors (Lipinski definition) is 5. The minimum Gasteiger partial charge on any atom is -0.389 e. The van der Waals surface area contributed by atoms with E-state index in [-0.39, 0.29) is 11.3 Å². The maximum atomic E-state index is 9.92. The first kappa shape index (κ1) is 13.8. The predicted octanol–water partition coefficient (Wildman–Crippen LogP) is -0.0273. The lowest BCUT2D eigenvalue weighted by Crippen LogP contribution is -2.43. The zero-order valence-corrected chi connectivity index (χ0v) is 11.0.